The fraction of sp³-hybridized carbons (Fsp3) is 1.00. The third-order valence-corrected chi connectivity index (χ3v) is 1.07. The van der Waals surface area contributed by atoms with Gasteiger partial charge in [-0.3, -0.25) is 0 Å². The second-order valence-corrected chi connectivity index (χ2v) is 2.12. The molecule has 4 N–H and O–H groups in total. The van der Waals surface area contributed by atoms with Gasteiger partial charge in [0, 0.05) is 6.54 Å². The topological polar surface area (TPSA) is 52.0 Å². The number of alkyl halides is 3. The Labute approximate surface area is 58.4 Å². The third kappa shape index (κ3) is 2.53. The monoisotopic (exact) mass is 158 g/mol. The Morgan fingerprint density at radius 3 is 1.60 bits per heavy atom. The Hall–Kier alpha value is -0.290. The molecule has 0 aromatic carbocycles. The molecule has 0 rings (SSSR count). The number of halogens is 3. The summed E-state index contributed by atoms with van der Waals surface area (Å²) in [5.74, 6) is 0. The molecular formula is C5H13F3N2. The zero-order chi connectivity index (χ0) is 7.71. The molecule has 0 aliphatic carbocycles. The highest BCUT2D eigenvalue weighted by Crippen LogP contribution is 2.26. The number of hydrogen-bond donors (Lipinski definition) is 2. The van der Waals surface area contributed by atoms with E-state index in [0.29, 0.717) is 0 Å². The van der Waals surface area contributed by atoms with E-state index in [0.717, 1.165) is 6.92 Å². The number of nitrogens with two attached hydrogens (primary N) is 2. The second kappa shape index (κ2) is 3.21. The van der Waals surface area contributed by atoms with Crippen LogP contribution in [-0.4, -0.2) is 18.3 Å². The third-order valence-electron chi connectivity index (χ3n) is 1.07. The van der Waals surface area contributed by atoms with Crippen LogP contribution in [0.25, 0.3) is 0 Å². The Bertz CT molecular complexity index is 97.6. The molecular weight excluding hydrogens is 145 g/mol. The molecule has 0 aliphatic rings. The molecule has 0 bridgehead atoms. The van der Waals surface area contributed by atoms with Crippen molar-refractivity contribution >= 4 is 0 Å². The molecule has 0 heterocycles. The quantitative estimate of drug-likeness (QED) is 0.594. The first kappa shape index (κ1) is 12.4. The van der Waals surface area contributed by atoms with Crippen molar-refractivity contribution in [1.29, 1.82) is 0 Å². The largest absolute Gasteiger partial charge is 0.407 e. The molecule has 2 nitrogen and oxygen atoms in total. The maximum Gasteiger partial charge on any atom is 0.407 e. The van der Waals surface area contributed by atoms with E-state index in [1.165, 1.54) is 0 Å². The van der Waals surface area contributed by atoms with Gasteiger partial charge in [0.05, 0.1) is 0 Å². The van der Waals surface area contributed by atoms with Crippen LogP contribution in [0.1, 0.15) is 14.4 Å². The Kier molecular flexibility index (Phi) is 3.97. The van der Waals surface area contributed by atoms with Gasteiger partial charge in [-0.2, -0.15) is 13.2 Å². The first-order valence-electron chi connectivity index (χ1n) is 2.37. The van der Waals surface area contributed by atoms with Gasteiger partial charge in [0.25, 0.3) is 0 Å². The van der Waals surface area contributed by atoms with Crippen molar-refractivity contribution in [2.45, 2.75) is 26.1 Å². The zero-order valence-electron chi connectivity index (χ0n) is 5.00. The lowest BCUT2D eigenvalue weighted by atomic mass is 10.1. The van der Waals surface area contributed by atoms with Crippen LogP contribution in [0.2, 0.25) is 0 Å². The van der Waals surface area contributed by atoms with Gasteiger partial charge in [-0.15, -0.1) is 0 Å². The molecule has 0 radical (unpaired) electrons. The van der Waals surface area contributed by atoms with Crippen molar-refractivity contribution in [2.75, 3.05) is 6.54 Å². The van der Waals surface area contributed by atoms with Gasteiger partial charge >= 0.3 is 6.18 Å². The smallest absolute Gasteiger partial charge is 0.328 e. The molecule has 0 saturated heterocycles. The summed E-state index contributed by atoms with van der Waals surface area (Å²) in [7, 11) is 0. The lowest BCUT2D eigenvalue weighted by Crippen LogP contribution is -2.56. The minimum Gasteiger partial charge on any atom is -0.328 e. The van der Waals surface area contributed by atoms with Crippen molar-refractivity contribution in [3.63, 3.8) is 0 Å². The number of hydrogen-bond acceptors (Lipinski definition) is 2. The zero-order valence-corrected chi connectivity index (χ0v) is 5.00. The van der Waals surface area contributed by atoms with Crippen LogP contribution < -0.4 is 11.5 Å². The van der Waals surface area contributed by atoms with Crippen LogP contribution in [0.3, 0.4) is 0 Å². The predicted octanol–water partition coefficient (Wildman–Crippen LogP) is 0.861. The summed E-state index contributed by atoms with van der Waals surface area (Å²) < 4.78 is 34.9. The van der Waals surface area contributed by atoms with Crippen LogP contribution in [-0.2, 0) is 0 Å². The van der Waals surface area contributed by atoms with Crippen LogP contribution in [0, 0.1) is 0 Å². The second-order valence-electron chi connectivity index (χ2n) is 2.12. The van der Waals surface area contributed by atoms with E-state index in [2.05, 4.69) is 0 Å². The molecule has 0 unspecified atom stereocenters. The molecule has 0 aromatic rings. The summed E-state index contributed by atoms with van der Waals surface area (Å²) in [6.07, 6.45) is -4.40. The van der Waals surface area contributed by atoms with Gasteiger partial charge < -0.3 is 11.5 Å². The molecule has 0 fully saturated rings. The summed E-state index contributed by atoms with van der Waals surface area (Å²) in [5, 5.41) is 0. The minimum absolute atomic E-state index is 0. The van der Waals surface area contributed by atoms with E-state index in [4.69, 9.17) is 11.5 Å². The lowest BCUT2D eigenvalue weighted by Gasteiger charge is -2.25. The van der Waals surface area contributed by atoms with Gasteiger partial charge in [0.15, 0.2) is 0 Å². The van der Waals surface area contributed by atoms with Gasteiger partial charge in [-0.25, -0.2) is 0 Å². The number of rotatable bonds is 1. The Morgan fingerprint density at radius 2 is 1.60 bits per heavy atom. The Balaban J connectivity index is 0. The normalized spacial score (nSPS) is 17.4. The van der Waals surface area contributed by atoms with Crippen molar-refractivity contribution < 1.29 is 13.2 Å². The molecule has 0 spiro atoms. The molecule has 5 heteroatoms. The standard InChI is InChI=1S/C4H9F3N2.CH4/c1-3(9,2-8)4(5,6)7;/h2,8-9H2,1H3;1H4/t3-;/m0./s1. The van der Waals surface area contributed by atoms with E-state index in [9.17, 15) is 13.2 Å². The maximum atomic E-state index is 11.6. The van der Waals surface area contributed by atoms with E-state index < -0.39 is 18.3 Å². The maximum absolute atomic E-state index is 11.6. The molecule has 0 amide bonds. The molecule has 0 aromatic heterocycles. The highest BCUT2D eigenvalue weighted by Gasteiger charge is 2.46. The fourth-order valence-corrected chi connectivity index (χ4v) is 0.116. The van der Waals surface area contributed by atoms with Crippen molar-refractivity contribution in [3.8, 4) is 0 Å². The van der Waals surface area contributed by atoms with Crippen molar-refractivity contribution in [2.24, 2.45) is 11.5 Å². The van der Waals surface area contributed by atoms with Gasteiger partial charge in [-0.05, 0) is 6.92 Å². The van der Waals surface area contributed by atoms with Crippen LogP contribution in [0.15, 0.2) is 0 Å². The van der Waals surface area contributed by atoms with Crippen molar-refractivity contribution in [1.82, 2.24) is 0 Å². The van der Waals surface area contributed by atoms with E-state index in [1.54, 1.807) is 0 Å². The van der Waals surface area contributed by atoms with Crippen LogP contribution in [0.5, 0.6) is 0 Å². The molecule has 64 valence electrons. The predicted molar refractivity (Wildman–Crippen MR) is 34.4 cm³/mol. The van der Waals surface area contributed by atoms with Gasteiger partial charge in [-0.1, -0.05) is 7.43 Å². The Morgan fingerprint density at radius 1 is 1.30 bits per heavy atom. The highest BCUT2D eigenvalue weighted by atomic mass is 19.4. The summed E-state index contributed by atoms with van der Waals surface area (Å²) >= 11 is 0. The molecule has 10 heavy (non-hydrogen) atoms. The summed E-state index contributed by atoms with van der Waals surface area (Å²) in [4.78, 5) is 0. The molecule has 0 aliphatic heterocycles. The fourth-order valence-electron chi connectivity index (χ4n) is 0.116. The average Bonchev–Trinajstić information content (AvgIpc) is 1.64. The molecule has 0 saturated carbocycles. The highest BCUT2D eigenvalue weighted by molar-refractivity contribution is 4.87. The van der Waals surface area contributed by atoms with E-state index in [1.807, 2.05) is 0 Å². The van der Waals surface area contributed by atoms with Crippen LogP contribution in [0.4, 0.5) is 13.2 Å². The summed E-state index contributed by atoms with van der Waals surface area (Å²) in [6.45, 7) is 0.267. The van der Waals surface area contributed by atoms with E-state index in [-0.39, 0.29) is 7.43 Å². The SMILES string of the molecule is C.C[C@](N)(CN)C(F)(F)F. The first-order valence-corrected chi connectivity index (χ1v) is 2.37. The van der Waals surface area contributed by atoms with E-state index >= 15 is 0 Å². The summed E-state index contributed by atoms with van der Waals surface area (Å²) in [6, 6.07) is 0. The van der Waals surface area contributed by atoms with Gasteiger partial charge in [0.2, 0.25) is 0 Å². The summed E-state index contributed by atoms with van der Waals surface area (Å²) in [5.41, 5.74) is 7.25. The lowest BCUT2D eigenvalue weighted by molar-refractivity contribution is -0.177. The van der Waals surface area contributed by atoms with Crippen molar-refractivity contribution in [3.05, 3.63) is 0 Å². The first-order chi connectivity index (χ1) is 3.81. The average molecular weight is 158 g/mol. The molecule has 1 atom stereocenters. The van der Waals surface area contributed by atoms with Crippen LogP contribution >= 0.6 is 0 Å². The van der Waals surface area contributed by atoms with Gasteiger partial charge in [0.1, 0.15) is 5.54 Å². The minimum atomic E-state index is -4.40.